The third kappa shape index (κ3) is 3.26. The molecule has 21 heavy (non-hydrogen) atoms. The van der Waals surface area contributed by atoms with Gasteiger partial charge in [-0.3, -0.25) is 0 Å². The first-order chi connectivity index (χ1) is 10.3. The van der Waals surface area contributed by atoms with Crippen molar-refractivity contribution in [2.75, 3.05) is 7.05 Å². The number of thiophene rings is 1. The molecule has 3 rings (SSSR count). The minimum atomic E-state index is 0.242. The normalized spacial score (nSPS) is 12.3. The van der Waals surface area contributed by atoms with Gasteiger partial charge in [-0.2, -0.15) is 0 Å². The molecule has 0 spiro atoms. The largest absolute Gasteiger partial charge is 0.309 e. The van der Waals surface area contributed by atoms with Crippen LogP contribution < -0.4 is 5.32 Å². The van der Waals surface area contributed by atoms with E-state index in [2.05, 4.69) is 81.9 Å². The van der Waals surface area contributed by atoms with E-state index < -0.39 is 0 Å². The molecular formula is C18H16BrNS. The van der Waals surface area contributed by atoms with E-state index in [0.717, 1.165) is 0 Å². The van der Waals surface area contributed by atoms with Gasteiger partial charge in [-0.25, -0.2) is 0 Å². The molecule has 1 unspecified atom stereocenters. The molecule has 1 heterocycles. The Morgan fingerprint density at radius 2 is 1.52 bits per heavy atom. The zero-order chi connectivity index (χ0) is 14.7. The first kappa shape index (κ1) is 14.5. The van der Waals surface area contributed by atoms with Crippen molar-refractivity contribution in [2.24, 2.45) is 0 Å². The predicted octanol–water partition coefficient (Wildman–Crippen LogP) is 5.49. The van der Waals surface area contributed by atoms with E-state index in [1.807, 2.05) is 13.1 Å². The van der Waals surface area contributed by atoms with Gasteiger partial charge in [0, 0.05) is 4.88 Å². The smallest absolute Gasteiger partial charge is 0.0702 e. The zero-order valence-electron chi connectivity index (χ0n) is 11.7. The van der Waals surface area contributed by atoms with Gasteiger partial charge in [-0.1, -0.05) is 54.6 Å². The fourth-order valence-corrected chi connectivity index (χ4v) is 4.02. The summed E-state index contributed by atoms with van der Waals surface area (Å²) in [5.41, 5.74) is 3.79. The van der Waals surface area contributed by atoms with Crippen LogP contribution in [0.2, 0.25) is 0 Å². The molecule has 1 N–H and O–H groups in total. The van der Waals surface area contributed by atoms with Crippen LogP contribution in [0.3, 0.4) is 0 Å². The minimum absolute atomic E-state index is 0.242. The third-order valence-corrected chi connectivity index (χ3v) is 5.21. The average molecular weight is 358 g/mol. The maximum absolute atomic E-state index is 3.54. The van der Waals surface area contributed by atoms with Crippen LogP contribution in [0.25, 0.3) is 11.1 Å². The molecule has 0 fully saturated rings. The highest BCUT2D eigenvalue weighted by molar-refractivity contribution is 9.11. The molecule has 106 valence electrons. The van der Waals surface area contributed by atoms with E-state index >= 15 is 0 Å². The highest BCUT2D eigenvalue weighted by atomic mass is 79.9. The Hall–Kier alpha value is -1.42. The number of hydrogen-bond donors (Lipinski definition) is 1. The summed E-state index contributed by atoms with van der Waals surface area (Å²) < 4.78 is 1.17. The van der Waals surface area contributed by atoms with Crippen LogP contribution in [-0.4, -0.2) is 7.05 Å². The first-order valence-electron chi connectivity index (χ1n) is 6.86. The second-order valence-corrected chi connectivity index (χ2v) is 7.35. The lowest BCUT2D eigenvalue weighted by Gasteiger charge is -2.15. The van der Waals surface area contributed by atoms with Crippen LogP contribution in [0.5, 0.6) is 0 Å². The van der Waals surface area contributed by atoms with Crippen molar-refractivity contribution < 1.29 is 0 Å². The lowest BCUT2D eigenvalue weighted by Crippen LogP contribution is -2.16. The Morgan fingerprint density at radius 1 is 0.857 bits per heavy atom. The van der Waals surface area contributed by atoms with E-state index in [4.69, 9.17) is 0 Å². The molecule has 1 nitrogen and oxygen atoms in total. The Labute approximate surface area is 137 Å². The van der Waals surface area contributed by atoms with Crippen LogP contribution in [-0.2, 0) is 0 Å². The lowest BCUT2D eigenvalue weighted by atomic mass is 10.00. The fraction of sp³-hybridized carbons (Fsp3) is 0.111. The fourth-order valence-electron chi connectivity index (χ4n) is 2.46. The molecule has 0 aliphatic rings. The predicted molar refractivity (Wildman–Crippen MR) is 94.8 cm³/mol. The van der Waals surface area contributed by atoms with Gasteiger partial charge in [0.1, 0.15) is 0 Å². The summed E-state index contributed by atoms with van der Waals surface area (Å²) >= 11 is 5.31. The van der Waals surface area contributed by atoms with Gasteiger partial charge in [-0.05, 0) is 51.8 Å². The molecule has 0 saturated heterocycles. The van der Waals surface area contributed by atoms with Gasteiger partial charge in [0.05, 0.1) is 9.83 Å². The summed E-state index contributed by atoms with van der Waals surface area (Å²) in [7, 11) is 2.00. The molecule has 2 aromatic carbocycles. The van der Waals surface area contributed by atoms with Crippen LogP contribution in [0, 0.1) is 0 Å². The summed E-state index contributed by atoms with van der Waals surface area (Å²) in [6.45, 7) is 0. The van der Waals surface area contributed by atoms with Gasteiger partial charge < -0.3 is 5.32 Å². The Kier molecular flexibility index (Phi) is 4.54. The van der Waals surface area contributed by atoms with Gasteiger partial charge in [0.2, 0.25) is 0 Å². The molecule has 1 aromatic heterocycles. The van der Waals surface area contributed by atoms with Crippen molar-refractivity contribution in [3.8, 4) is 11.1 Å². The van der Waals surface area contributed by atoms with Crippen LogP contribution >= 0.6 is 27.3 Å². The first-order valence-corrected chi connectivity index (χ1v) is 8.47. The second-order valence-electron chi connectivity index (χ2n) is 4.85. The highest BCUT2D eigenvalue weighted by Crippen LogP contribution is 2.32. The van der Waals surface area contributed by atoms with Crippen molar-refractivity contribution >= 4 is 27.3 Å². The Balaban J connectivity index is 1.89. The van der Waals surface area contributed by atoms with Gasteiger partial charge in [0.15, 0.2) is 0 Å². The second kappa shape index (κ2) is 6.56. The Morgan fingerprint density at radius 3 is 2.10 bits per heavy atom. The van der Waals surface area contributed by atoms with Gasteiger partial charge in [-0.15, -0.1) is 11.3 Å². The maximum atomic E-state index is 3.54. The number of halogens is 1. The number of nitrogens with one attached hydrogen (secondary N) is 1. The molecule has 0 radical (unpaired) electrons. The van der Waals surface area contributed by atoms with E-state index in [1.165, 1.54) is 25.4 Å². The van der Waals surface area contributed by atoms with Crippen molar-refractivity contribution in [2.45, 2.75) is 6.04 Å². The number of rotatable bonds is 4. The zero-order valence-corrected chi connectivity index (χ0v) is 14.1. The molecular weight excluding hydrogens is 342 g/mol. The topological polar surface area (TPSA) is 12.0 Å². The monoisotopic (exact) mass is 357 g/mol. The number of hydrogen-bond acceptors (Lipinski definition) is 2. The maximum Gasteiger partial charge on any atom is 0.0702 e. The molecule has 0 aliphatic heterocycles. The molecule has 0 bridgehead atoms. The van der Waals surface area contributed by atoms with Crippen molar-refractivity contribution in [1.82, 2.24) is 5.32 Å². The minimum Gasteiger partial charge on any atom is -0.309 e. The molecule has 0 saturated carbocycles. The molecule has 0 aliphatic carbocycles. The molecule has 0 amide bonds. The lowest BCUT2D eigenvalue weighted by molar-refractivity contribution is 0.704. The summed E-state index contributed by atoms with van der Waals surface area (Å²) in [5, 5.41) is 3.40. The van der Waals surface area contributed by atoms with Gasteiger partial charge in [0.25, 0.3) is 0 Å². The van der Waals surface area contributed by atoms with Crippen LogP contribution in [0.15, 0.2) is 70.5 Å². The quantitative estimate of drug-likeness (QED) is 0.651. The van der Waals surface area contributed by atoms with Crippen LogP contribution in [0.4, 0.5) is 0 Å². The van der Waals surface area contributed by atoms with E-state index in [9.17, 15) is 0 Å². The summed E-state index contributed by atoms with van der Waals surface area (Å²) in [6, 6.07) is 23.8. The highest BCUT2D eigenvalue weighted by Gasteiger charge is 2.14. The molecule has 3 aromatic rings. The van der Waals surface area contributed by atoms with E-state index in [0.29, 0.717) is 0 Å². The standard InChI is InChI=1S/C18H16BrNS/c1-20-18(16-11-12-17(19)21-16)15-9-7-14(8-10-15)13-5-3-2-4-6-13/h2-12,18,20H,1H3. The van der Waals surface area contributed by atoms with Crippen molar-refractivity contribution in [1.29, 1.82) is 0 Å². The molecule has 3 heteroatoms. The summed E-state index contributed by atoms with van der Waals surface area (Å²) in [6.07, 6.45) is 0. The van der Waals surface area contributed by atoms with E-state index in [1.54, 1.807) is 11.3 Å². The van der Waals surface area contributed by atoms with Crippen LogP contribution in [0.1, 0.15) is 16.5 Å². The Bertz CT molecular complexity index is 704. The summed E-state index contributed by atoms with van der Waals surface area (Å²) in [5.74, 6) is 0. The molecule has 1 atom stereocenters. The SMILES string of the molecule is CNC(c1ccc(-c2ccccc2)cc1)c1ccc(Br)s1. The third-order valence-electron chi connectivity index (χ3n) is 3.52. The average Bonchev–Trinajstić information content (AvgIpc) is 2.96. The van der Waals surface area contributed by atoms with Crippen molar-refractivity contribution in [3.05, 3.63) is 81.0 Å². The summed E-state index contributed by atoms with van der Waals surface area (Å²) in [4.78, 5) is 1.32. The van der Waals surface area contributed by atoms with Gasteiger partial charge >= 0.3 is 0 Å². The van der Waals surface area contributed by atoms with Crippen molar-refractivity contribution in [3.63, 3.8) is 0 Å². The number of benzene rings is 2. The van der Waals surface area contributed by atoms with E-state index in [-0.39, 0.29) is 6.04 Å².